The molecule has 0 unspecified atom stereocenters. The minimum atomic E-state index is 0.620. The SMILES string of the molecule is Cc1cc(-c2ccc(Cl)cc2Cl)cnn1. The van der Waals surface area contributed by atoms with Crippen LogP contribution in [0.25, 0.3) is 11.1 Å². The Morgan fingerprint density at radius 2 is 1.93 bits per heavy atom. The summed E-state index contributed by atoms with van der Waals surface area (Å²) >= 11 is 11.9. The van der Waals surface area contributed by atoms with Gasteiger partial charge in [-0.05, 0) is 25.1 Å². The van der Waals surface area contributed by atoms with Gasteiger partial charge in [0, 0.05) is 21.2 Å². The van der Waals surface area contributed by atoms with Gasteiger partial charge in [-0.1, -0.05) is 29.3 Å². The Bertz CT molecular complexity index is 498. The Morgan fingerprint density at radius 1 is 1.13 bits per heavy atom. The summed E-state index contributed by atoms with van der Waals surface area (Å²) in [7, 11) is 0. The first-order chi connectivity index (χ1) is 7.16. The van der Waals surface area contributed by atoms with Gasteiger partial charge in [0.1, 0.15) is 0 Å². The Balaban J connectivity index is 2.54. The van der Waals surface area contributed by atoms with Crippen LogP contribution in [0.2, 0.25) is 10.0 Å². The van der Waals surface area contributed by atoms with Crippen molar-refractivity contribution in [2.45, 2.75) is 6.92 Å². The molecule has 0 atom stereocenters. The first-order valence-corrected chi connectivity index (χ1v) is 5.17. The van der Waals surface area contributed by atoms with E-state index in [0.717, 1.165) is 16.8 Å². The van der Waals surface area contributed by atoms with Gasteiger partial charge in [-0.25, -0.2) is 0 Å². The summed E-state index contributed by atoms with van der Waals surface area (Å²) in [6.45, 7) is 1.89. The maximum atomic E-state index is 6.08. The molecule has 0 fully saturated rings. The molecular weight excluding hydrogens is 231 g/mol. The third kappa shape index (κ3) is 2.28. The molecule has 0 saturated heterocycles. The number of hydrogen-bond acceptors (Lipinski definition) is 2. The fourth-order valence-corrected chi connectivity index (χ4v) is 1.86. The normalized spacial score (nSPS) is 10.3. The minimum absolute atomic E-state index is 0.620. The quantitative estimate of drug-likeness (QED) is 0.757. The summed E-state index contributed by atoms with van der Waals surface area (Å²) in [6, 6.07) is 7.33. The Kier molecular flexibility index (Phi) is 2.89. The summed E-state index contributed by atoms with van der Waals surface area (Å²) in [6.07, 6.45) is 1.68. The largest absolute Gasteiger partial charge is 0.158 e. The summed E-state index contributed by atoms with van der Waals surface area (Å²) in [4.78, 5) is 0. The summed E-state index contributed by atoms with van der Waals surface area (Å²) in [5.74, 6) is 0. The van der Waals surface area contributed by atoms with Crippen LogP contribution >= 0.6 is 23.2 Å². The van der Waals surface area contributed by atoms with Crippen LogP contribution in [0.1, 0.15) is 5.69 Å². The maximum Gasteiger partial charge on any atom is 0.0606 e. The van der Waals surface area contributed by atoms with Crippen molar-refractivity contribution in [3.05, 3.63) is 46.2 Å². The molecule has 2 rings (SSSR count). The highest BCUT2D eigenvalue weighted by Crippen LogP contribution is 2.29. The third-order valence-electron chi connectivity index (χ3n) is 2.02. The van der Waals surface area contributed by atoms with Crippen molar-refractivity contribution in [1.82, 2.24) is 10.2 Å². The average molecular weight is 239 g/mol. The van der Waals surface area contributed by atoms with Gasteiger partial charge in [-0.2, -0.15) is 10.2 Å². The number of rotatable bonds is 1. The predicted octanol–water partition coefficient (Wildman–Crippen LogP) is 3.76. The van der Waals surface area contributed by atoms with Crippen LogP contribution in [0.15, 0.2) is 30.5 Å². The zero-order chi connectivity index (χ0) is 10.8. The molecule has 0 amide bonds. The molecule has 0 saturated carbocycles. The van der Waals surface area contributed by atoms with E-state index in [-0.39, 0.29) is 0 Å². The summed E-state index contributed by atoms with van der Waals surface area (Å²) < 4.78 is 0. The molecule has 2 aromatic rings. The van der Waals surface area contributed by atoms with E-state index in [0.29, 0.717) is 10.0 Å². The number of aryl methyl sites for hydroxylation is 1. The topological polar surface area (TPSA) is 25.8 Å². The monoisotopic (exact) mass is 238 g/mol. The van der Waals surface area contributed by atoms with Crippen LogP contribution in [-0.2, 0) is 0 Å². The van der Waals surface area contributed by atoms with Gasteiger partial charge in [0.25, 0.3) is 0 Å². The lowest BCUT2D eigenvalue weighted by Crippen LogP contribution is -1.88. The zero-order valence-electron chi connectivity index (χ0n) is 8.04. The van der Waals surface area contributed by atoms with E-state index < -0.39 is 0 Å². The van der Waals surface area contributed by atoms with Crippen molar-refractivity contribution in [2.24, 2.45) is 0 Å². The molecule has 0 spiro atoms. The second-order valence-corrected chi connectivity index (χ2v) is 4.05. The van der Waals surface area contributed by atoms with E-state index in [1.807, 2.05) is 19.1 Å². The Morgan fingerprint density at radius 3 is 2.60 bits per heavy atom. The number of benzene rings is 1. The zero-order valence-corrected chi connectivity index (χ0v) is 9.55. The molecule has 0 N–H and O–H groups in total. The van der Waals surface area contributed by atoms with Crippen molar-refractivity contribution in [2.75, 3.05) is 0 Å². The molecule has 4 heteroatoms. The number of aromatic nitrogens is 2. The lowest BCUT2D eigenvalue weighted by Gasteiger charge is -2.04. The van der Waals surface area contributed by atoms with E-state index in [1.54, 1.807) is 18.3 Å². The van der Waals surface area contributed by atoms with Gasteiger partial charge in [0.15, 0.2) is 0 Å². The molecule has 2 nitrogen and oxygen atoms in total. The van der Waals surface area contributed by atoms with Gasteiger partial charge < -0.3 is 0 Å². The molecule has 0 bridgehead atoms. The number of hydrogen-bond donors (Lipinski definition) is 0. The van der Waals surface area contributed by atoms with E-state index >= 15 is 0 Å². The van der Waals surface area contributed by atoms with Crippen LogP contribution in [0, 0.1) is 6.92 Å². The number of nitrogens with zero attached hydrogens (tertiary/aromatic N) is 2. The lowest BCUT2D eigenvalue weighted by molar-refractivity contribution is 0.983. The molecule has 1 aromatic carbocycles. The van der Waals surface area contributed by atoms with E-state index in [1.165, 1.54) is 0 Å². The van der Waals surface area contributed by atoms with Crippen LogP contribution in [0.5, 0.6) is 0 Å². The second kappa shape index (κ2) is 4.17. The highest BCUT2D eigenvalue weighted by Gasteiger charge is 2.04. The van der Waals surface area contributed by atoms with E-state index in [9.17, 15) is 0 Å². The molecule has 0 aliphatic rings. The average Bonchev–Trinajstić information content (AvgIpc) is 2.17. The minimum Gasteiger partial charge on any atom is -0.158 e. The molecule has 76 valence electrons. The molecular formula is C11H8Cl2N2. The van der Waals surface area contributed by atoms with Crippen molar-refractivity contribution >= 4 is 23.2 Å². The van der Waals surface area contributed by atoms with E-state index in [4.69, 9.17) is 23.2 Å². The first kappa shape index (κ1) is 10.4. The Hall–Kier alpha value is -1.12. The van der Waals surface area contributed by atoms with Crippen LogP contribution in [0.3, 0.4) is 0 Å². The van der Waals surface area contributed by atoms with Crippen LogP contribution in [-0.4, -0.2) is 10.2 Å². The third-order valence-corrected chi connectivity index (χ3v) is 2.57. The van der Waals surface area contributed by atoms with Crippen molar-refractivity contribution in [3.63, 3.8) is 0 Å². The van der Waals surface area contributed by atoms with Gasteiger partial charge in [-0.15, -0.1) is 0 Å². The molecule has 15 heavy (non-hydrogen) atoms. The van der Waals surface area contributed by atoms with Gasteiger partial charge in [-0.3, -0.25) is 0 Å². The lowest BCUT2D eigenvalue weighted by atomic mass is 10.1. The fourth-order valence-electron chi connectivity index (χ4n) is 1.34. The first-order valence-electron chi connectivity index (χ1n) is 4.41. The molecule has 0 radical (unpaired) electrons. The van der Waals surface area contributed by atoms with Gasteiger partial charge >= 0.3 is 0 Å². The predicted molar refractivity (Wildman–Crippen MR) is 62.2 cm³/mol. The fraction of sp³-hybridized carbons (Fsp3) is 0.0909. The number of halogens is 2. The molecule has 0 aliphatic carbocycles. The Labute approximate surface area is 97.9 Å². The maximum absolute atomic E-state index is 6.08. The van der Waals surface area contributed by atoms with Crippen molar-refractivity contribution < 1.29 is 0 Å². The second-order valence-electron chi connectivity index (χ2n) is 3.21. The van der Waals surface area contributed by atoms with E-state index in [2.05, 4.69) is 10.2 Å². The van der Waals surface area contributed by atoms with Gasteiger partial charge in [0.05, 0.1) is 11.9 Å². The van der Waals surface area contributed by atoms with Crippen LogP contribution < -0.4 is 0 Å². The molecule has 1 aromatic heterocycles. The van der Waals surface area contributed by atoms with Gasteiger partial charge in [0.2, 0.25) is 0 Å². The highest BCUT2D eigenvalue weighted by molar-refractivity contribution is 6.36. The summed E-state index contributed by atoms with van der Waals surface area (Å²) in [5, 5.41) is 9.02. The molecule has 0 aliphatic heterocycles. The highest BCUT2D eigenvalue weighted by atomic mass is 35.5. The molecule has 1 heterocycles. The smallest absolute Gasteiger partial charge is 0.0606 e. The summed E-state index contributed by atoms with van der Waals surface area (Å²) in [5.41, 5.74) is 2.72. The standard InChI is InChI=1S/C11H8Cl2N2/c1-7-4-8(6-14-15-7)10-3-2-9(12)5-11(10)13/h2-6H,1H3. The van der Waals surface area contributed by atoms with Crippen LogP contribution in [0.4, 0.5) is 0 Å². The van der Waals surface area contributed by atoms with Crippen molar-refractivity contribution in [3.8, 4) is 11.1 Å². The van der Waals surface area contributed by atoms with Crippen molar-refractivity contribution in [1.29, 1.82) is 0 Å².